The number of methoxy groups -OCH3 is 1. The molecular formula is C20H25N3O4. The molecule has 144 valence electrons. The van der Waals surface area contributed by atoms with Gasteiger partial charge >= 0.3 is 5.97 Å². The summed E-state index contributed by atoms with van der Waals surface area (Å²) in [6.45, 7) is 3.79. The fourth-order valence-corrected chi connectivity index (χ4v) is 2.91. The molecule has 1 N–H and O–H groups in total. The Balaban J connectivity index is 1.63. The lowest BCUT2D eigenvalue weighted by atomic mass is 10.1. The lowest BCUT2D eigenvalue weighted by molar-refractivity contribution is -0.159. The molecule has 7 heteroatoms. The Kier molecular flexibility index (Phi) is 6.73. The molecular weight excluding hydrogens is 346 g/mol. The monoisotopic (exact) mass is 371 g/mol. The molecule has 1 unspecified atom stereocenters. The molecule has 1 saturated heterocycles. The van der Waals surface area contributed by atoms with Crippen LogP contribution >= 0.6 is 0 Å². The molecule has 2 heterocycles. The molecule has 1 aromatic heterocycles. The number of ether oxygens (including phenoxy) is 3. The van der Waals surface area contributed by atoms with E-state index in [0.29, 0.717) is 24.7 Å². The van der Waals surface area contributed by atoms with E-state index in [9.17, 15) is 4.79 Å². The van der Waals surface area contributed by atoms with Gasteiger partial charge in [0.25, 0.3) is 0 Å². The Labute approximate surface area is 159 Å². The number of carbonyl (C=O) groups excluding carboxylic acids is 1. The number of nitrogens with zero attached hydrogens (tertiary/aromatic N) is 2. The highest BCUT2D eigenvalue weighted by Gasteiger charge is 2.14. The minimum Gasteiger partial charge on any atom is -0.465 e. The van der Waals surface area contributed by atoms with Crippen molar-refractivity contribution in [1.82, 2.24) is 9.97 Å². The number of esters is 1. The van der Waals surface area contributed by atoms with Crippen molar-refractivity contribution in [3.05, 3.63) is 41.6 Å². The van der Waals surface area contributed by atoms with E-state index in [0.717, 1.165) is 42.8 Å². The zero-order chi connectivity index (χ0) is 19.1. The van der Waals surface area contributed by atoms with Crippen LogP contribution in [0.15, 0.2) is 30.3 Å². The van der Waals surface area contributed by atoms with E-state index >= 15 is 0 Å². The van der Waals surface area contributed by atoms with Crippen molar-refractivity contribution >= 4 is 11.9 Å². The summed E-state index contributed by atoms with van der Waals surface area (Å²) >= 11 is 0. The quantitative estimate of drug-likeness (QED) is 0.591. The standard InChI is InChI=1S/C20H25N3O4/c1-14-12-17(15-6-5-7-16(13-15)19(24)25-2)23-20(22-14)21-9-11-27-18-8-3-4-10-26-18/h5-7,12-13,18H,3-4,8-11H2,1-2H3,(H,21,22,23). The molecule has 1 fully saturated rings. The molecule has 0 amide bonds. The van der Waals surface area contributed by atoms with Gasteiger partial charge in [0.05, 0.1) is 25.0 Å². The van der Waals surface area contributed by atoms with E-state index in [2.05, 4.69) is 15.3 Å². The highest BCUT2D eigenvalue weighted by Crippen LogP contribution is 2.21. The van der Waals surface area contributed by atoms with Crippen molar-refractivity contribution in [1.29, 1.82) is 0 Å². The largest absolute Gasteiger partial charge is 0.465 e. The van der Waals surface area contributed by atoms with Crippen LogP contribution in [0.2, 0.25) is 0 Å². The van der Waals surface area contributed by atoms with Crippen molar-refractivity contribution in [2.75, 3.05) is 32.2 Å². The van der Waals surface area contributed by atoms with Gasteiger partial charge in [-0.3, -0.25) is 0 Å². The predicted molar refractivity (Wildman–Crippen MR) is 102 cm³/mol. The molecule has 2 aromatic rings. The second kappa shape index (κ2) is 9.43. The van der Waals surface area contributed by atoms with E-state index in [1.165, 1.54) is 7.11 Å². The Morgan fingerprint density at radius 3 is 2.96 bits per heavy atom. The number of rotatable bonds is 7. The van der Waals surface area contributed by atoms with Gasteiger partial charge in [0.2, 0.25) is 5.95 Å². The average molecular weight is 371 g/mol. The fourth-order valence-electron chi connectivity index (χ4n) is 2.91. The molecule has 27 heavy (non-hydrogen) atoms. The second-order valence-electron chi connectivity index (χ2n) is 6.38. The van der Waals surface area contributed by atoms with Crippen LogP contribution in [-0.2, 0) is 14.2 Å². The van der Waals surface area contributed by atoms with E-state index in [1.54, 1.807) is 12.1 Å². The topological polar surface area (TPSA) is 82.6 Å². The van der Waals surface area contributed by atoms with Gasteiger partial charge < -0.3 is 19.5 Å². The fraction of sp³-hybridized carbons (Fsp3) is 0.450. The molecule has 0 spiro atoms. The van der Waals surface area contributed by atoms with E-state index in [4.69, 9.17) is 14.2 Å². The first-order chi connectivity index (χ1) is 13.2. The van der Waals surface area contributed by atoms with Crippen LogP contribution in [0, 0.1) is 6.92 Å². The number of anilines is 1. The van der Waals surface area contributed by atoms with Crippen LogP contribution in [0.1, 0.15) is 35.3 Å². The molecule has 1 aliphatic rings. The first-order valence-electron chi connectivity index (χ1n) is 9.17. The number of hydrogen-bond donors (Lipinski definition) is 1. The third-order valence-corrected chi connectivity index (χ3v) is 4.26. The lowest BCUT2D eigenvalue weighted by Gasteiger charge is -2.22. The maximum atomic E-state index is 11.7. The van der Waals surface area contributed by atoms with Gasteiger partial charge in [0, 0.05) is 24.4 Å². The Morgan fingerprint density at radius 2 is 2.19 bits per heavy atom. The molecule has 7 nitrogen and oxygen atoms in total. The van der Waals surface area contributed by atoms with Crippen LogP contribution in [0.25, 0.3) is 11.3 Å². The highest BCUT2D eigenvalue weighted by molar-refractivity contribution is 5.90. The minimum atomic E-state index is -0.372. The van der Waals surface area contributed by atoms with Crippen molar-refractivity contribution in [2.24, 2.45) is 0 Å². The normalized spacial score (nSPS) is 16.7. The summed E-state index contributed by atoms with van der Waals surface area (Å²) in [4.78, 5) is 20.7. The van der Waals surface area contributed by atoms with E-state index in [-0.39, 0.29) is 12.3 Å². The molecule has 1 atom stereocenters. The summed E-state index contributed by atoms with van der Waals surface area (Å²) in [5.74, 6) is 0.157. The molecule has 0 aliphatic carbocycles. The second-order valence-corrected chi connectivity index (χ2v) is 6.38. The van der Waals surface area contributed by atoms with Crippen LogP contribution < -0.4 is 5.32 Å². The Morgan fingerprint density at radius 1 is 1.30 bits per heavy atom. The summed E-state index contributed by atoms with van der Waals surface area (Å²) in [5.41, 5.74) is 2.90. The van der Waals surface area contributed by atoms with E-state index in [1.807, 2.05) is 25.1 Å². The first kappa shape index (κ1) is 19.3. The van der Waals surface area contributed by atoms with Crippen LogP contribution in [-0.4, -0.2) is 49.1 Å². The third-order valence-electron chi connectivity index (χ3n) is 4.26. The summed E-state index contributed by atoms with van der Waals surface area (Å²) < 4.78 is 16.0. The van der Waals surface area contributed by atoms with Crippen LogP contribution in [0.4, 0.5) is 5.95 Å². The SMILES string of the molecule is COC(=O)c1cccc(-c2cc(C)nc(NCCOC3CCCCO3)n2)c1. The zero-order valence-electron chi connectivity index (χ0n) is 15.7. The van der Waals surface area contributed by atoms with Crippen LogP contribution in [0.3, 0.4) is 0 Å². The van der Waals surface area contributed by atoms with E-state index < -0.39 is 0 Å². The maximum absolute atomic E-state index is 11.7. The van der Waals surface area contributed by atoms with Crippen molar-refractivity contribution in [3.63, 3.8) is 0 Å². The summed E-state index contributed by atoms with van der Waals surface area (Å²) in [6, 6.07) is 9.08. The molecule has 0 radical (unpaired) electrons. The molecule has 1 aliphatic heterocycles. The average Bonchev–Trinajstić information content (AvgIpc) is 2.71. The van der Waals surface area contributed by atoms with Crippen molar-refractivity contribution in [2.45, 2.75) is 32.5 Å². The highest BCUT2D eigenvalue weighted by atomic mass is 16.7. The Bertz CT molecular complexity index is 776. The van der Waals surface area contributed by atoms with Gasteiger partial charge in [-0.05, 0) is 44.4 Å². The molecule has 1 aromatic carbocycles. The number of nitrogens with one attached hydrogen (secondary N) is 1. The van der Waals surface area contributed by atoms with Gasteiger partial charge in [-0.15, -0.1) is 0 Å². The molecule has 0 bridgehead atoms. The first-order valence-corrected chi connectivity index (χ1v) is 9.17. The van der Waals surface area contributed by atoms with Crippen molar-refractivity contribution in [3.8, 4) is 11.3 Å². The zero-order valence-corrected chi connectivity index (χ0v) is 15.7. The number of aryl methyl sites for hydroxylation is 1. The summed E-state index contributed by atoms with van der Waals surface area (Å²) in [5, 5.41) is 3.19. The number of benzene rings is 1. The smallest absolute Gasteiger partial charge is 0.337 e. The molecule has 3 rings (SSSR count). The van der Waals surface area contributed by atoms with Gasteiger partial charge in [-0.1, -0.05) is 12.1 Å². The third kappa shape index (κ3) is 5.48. The van der Waals surface area contributed by atoms with Gasteiger partial charge in [-0.2, -0.15) is 0 Å². The van der Waals surface area contributed by atoms with Gasteiger partial charge in [-0.25, -0.2) is 14.8 Å². The number of carbonyl (C=O) groups is 1. The van der Waals surface area contributed by atoms with Gasteiger partial charge in [0.15, 0.2) is 6.29 Å². The molecule has 0 saturated carbocycles. The van der Waals surface area contributed by atoms with Gasteiger partial charge in [0.1, 0.15) is 0 Å². The van der Waals surface area contributed by atoms with Crippen molar-refractivity contribution < 1.29 is 19.0 Å². The van der Waals surface area contributed by atoms with Crippen LogP contribution in [0.5, 0.6) is 0 Å². The number of aromatic nitrogens is 2. The maximum Gasteiger partial charge on any atom is 0.337 e. The summed E-state index contributed by atoms with van der Waals surface area (Å²) in [7, 11) is 1.37. The number of hydrogen-bond acceptors (Lipinski definition) is 7. The lowest BCUT2D eigenvalue weighted by Crippen LogP contribution is -2.25. The Hall–Kier alpha value is -2.51. The minimum absolute atomic E-state index is 0.101. The predicted octanol–water partition coefficient (Wildman–Crippen LogP) is 3.19. The summed E-state index contributed by atoms with van der Waals surface area (Å²) in [6.07, 6.45) is 3.10.